The van der Waals surface area contributed by atoms with Crippen LogP contribution in [0, 0.1) is 0 Å². The highest BCUT2D eigenvalue weighted by molar-refractivity contribution is 5.79. The minimum atomic E-state index is -4.49. The summed E-state index contributed by atoms with van der Waals surface area (Å²) >= 11 is 0. The molecule has 28 heavy (non-hydrogen) atoms. The van der Waals surface area contributed by atoms with Crippen molar-refractivity contribution in [3.63, 3.8) is 0 Å². The quantitative estimate of drug-likeness (QED) is 0.717. The van der Waals surface area contributed by atoms with Gasteiger partial charge in [0.1, 0.15) is 6.54 Å². The smallest absolute Gasteiger partial charge is 0.348 e. The van der Waals surface area contributed by atoms with Gasteiger partial charge in [0.15, 0.2) is 0 Å². The zero-order chi connectivity index (χ0) is 20.5. The molecule has 0 saturated carbocycles. The highest BCUT2D eigenvalue weighted by Gasteiger charge is 2.30. The van der Waals surface area contributed by atoms with Gasteiger partial charge in [-0.2, -0.15) is 13.2 Å². The Kier molecular flexibility index (Phi) is 5.08. The monoisotopic (exact) mass is 391 g/mol. The van der Waals surface area contributed by atoms with Crippen molar-refractivity contribution in [1.82, 2.24) is 14.9 Å². The number of rotatable bonds is 4. The number of aromatic amines is 1. The van der Waals surface area contributed by atoms with E-state index in [1.54, 1.807) is 18.2 Å². The van der Waals surface area contributed by atoms with E-state index in [1.807, 2.05) is 0 Å². The average Bonchev–Trinajstić information content (AvgIpc) is 2.64. The van der Waals surface area contributed by atoms with Crippen LogP contribution in [0.4, 0.5) is 13.2 Å². The van der Waals surface area contributed by atoms with Gasteiger partial charge >= 0.3 is 11.9 Å². The van der Waals surface area contributed by atoms with Crippen molar-refractivity contribution in [2.24, 2.45) is 0 Å². The molecule has 1 aromatic heterocycles. The van der Waals surface area contributed by atoms with E-state index in [-0.39, 0.29) is 10.9 Å². The molecule has 0 aliphatic heterocycles. The maximum Gasteiger partial charge on any atom is 0.416 e. The zero-order valence-corrected chi connectivity index (χ0v) is 14.7. The fourth-order valence-electron chi connectivity index (χ4n) is 2.84. The second-order valence-electron chi connectivity index (χ2n) is 6.28. The lowest BCUT2D eigenvalue weighted by atomic mass is 10.0. The Hall–Kier alpha value is -3.36. The van der Waals surface area contributed by atoms with E-state index in [9.17, 15) is 27.6 Å². The number of benzene rings is 2. The van der Waals surface area contributed by atoms with Gasteiger partial charge in [0.2, 0.25) is 5.91 Å². The molecule has 1 heterocycles. The molecule has 0 aliphatic carbocycles. The molecule has 3 rings (SSSR count). The van der Waals surface area contributed by atoms with Crippen molar-refractivity contribution in [3.8, 4) is 0 Å². The lowest BCUT2D eigenvalue weighted by molar-refractivity contribution is -0.137. The number of nitrogens with one attached hydrogen (secondary N) is 2. The van der Waals surface area contributed by atoms with Gasteiger partial charge in [-0.15, -0.1) is 0 Å². The third-order valence-corrected chi connectivity index (χ3v) is 4.28. The summed E-state index contributed by atoms with van der Waals surface area (Å²) in [6.45, 7) is 0.961. The molecule has 0 saturated heterocycles. The second-order valence-corrected chi connectivity index (χ2v) is 6.28. The van der Waals surface area contributed by atoms with Crippen molar-refractivity contribution in [2.45, 2.75) is 25.7 Å². The lowest BCUT2D eigenvalue weighted by Crippen LogP contribution is -2.41. The molecule has 0 bridgehead atoms. The predicted molar refractivity (Wildman–Crippen MR) is 96.8 cm³/mol. The molecular weight excluding hydrogens is 375 g/mol. The first-order valence-electron chi connectivity index (χ1n) is 8.35. The van der Waals surface area contributed by atoms with Gasteiger partial charge in [-0.25, -0.2) is 4.79 Å². The molecule has 1 amide bonds. The van der Waals surface area contributed by atoms with E-state index in [4.69, 9.17) is 0 Å². The molecule has 2 aromatic carbocycles. The summed E-state index contributed by atoms with van der Waals surface area (Å²) in [4.78, 5) is 39.3. The van der Waals surface area contributed by atoms with E-state index < -0.39 is 41.5 Å². The van der Waals surface area contributed by atoms with Crippen LogP contribution in [0.5, 0.6) is 0 Å². The molecule has 0 spiro atoms. The Morgan fingerprint density at radius 2 is 1.86 bits per heavy atom. The van der Waals surface area contributed by atoms with E-state index in [0.29, 0.717) is 5.52 Å². The summed E-state index contributed by atoms with van der Waals surface area (Å²) in [7, 11) is 0. The largest absolute Gasteiger partial charge is 0.416 e. The maximum absolute atomic E-state index is 12.8. The van der Waals surface area contributed by atoms with Crippen LogP contribution in [0.15, 0.2) is 58.1 Å². The van der Waals surface area contributed by atoms with Gasteiger partial charge in [-0.3, -0.25) is 14.2 Å². The number of halogens is 3. The summed E-state index contributed by atoms with van der Waals surface area (Å²) in [6, 6.07) is 10.2. The third-order valence-electron chi connectivity index (χ3n) is 4.28. The van der Waals surface area contributed by atoms with Crippen LogP contribution in [0.1, 0.15) is 24.1 Å². The molecule has 6 nitrogen and oxygen atoms in total. The number of hydrogen-bond donors (Lipinski definition) is 2. The predicted octanol–water partition coefficient (Wildman–Crippen LogP) is 2.59. The van der Waals surface area contributed by atoms with E-state index in [0.717, 1.165) is 16.7 Å². The summed E-state index contributed by atoms with van der Waals surface area (Å²) in [6.07, 6.45) is -4.49. The number of nitrogens with zero attached hydrogens (tertiary/aromatic N) is 1. The van der Waals surface area contributed by atoms with Crippen LogP contribution in [0.2, 0.25) is 0 Å². The Morgan fingerprint density at radius 3 is 2.57 bits per heavy atom. The molecule has 0 unspecified atom stereocenters. The number of fused-ring (bicyclic) bond motifs is 1. The van der Waals surface area contributed by atoms with Crippen molar-refractivity contribution >= 4 is 16.8 Å². The summed E-state index contributed by atoms with van der Waals surface area (Å²) < 4.78 is 39.2. The number of hydrogen-bond acceptors (Lipinski definition) is 3. The molecule has 146 valence electrons. The fourth-order valence-corrected chi connectivity index (χ4v) is 2.84. The first-order chi connectivity index (χ1) is 13.2. The van der Waals surface area contributed by atoms with Crippen molar-refractivity contribution < 1.29 is 18.0 Å². The molecule has 0 radical (unpaired) electrons. The van der Waals surface area contributed by atoms with Crippen LogP contribution in [0.25, 0.3) is 10.9 Å². The molecule has 0 aliphatic rings. The number of carbonyl (C=O) groups is 1. The van der Waals surface area contributed by atoms with Gasteiger partial charge in [0, 0.05) is 0 Å². The van der Waals surface area contributed by atoms with Crippen LogP contribution in [-0.2, 0) is 17.5 Å². The standard InChI is InChI=1S/C19H16F3N3O3/c1-11(12-5-4-6-13(9-12)19(20,21)22)23-16(26)10-25-17(27)14-7-2-3-8-15(14)24-18(25)28/h2-9,11H,10H2,1H3,(H,23,26)(H,24,28)/t11-/m1/s1. The third kappa shape index (κ3) is 3.98. The fraction of sp³-hybridized carbons (Fsp3) is 0.211. The molecular formula is C19H16F3N3O3. The second kappa shape index (κ2) is 7.34. The van der Waals surface area contributed by atoms with Crippen LogP contribution in [0.3, 0.4) is 0 Å². The summed E-state index contributed by atoms with van der Waals surface area (Å²) in [5.74, 6) is -0.673. The Morgan fingerprint density at radius 1 is 1.14 bits per heavy atom. The Balaban J connectivity index is 1.81. The van der Waals surface area contributed by atoms with Gasteiger partial charge in [-0.1, -0.05) is 24.3 Å². The molecule has 0 fully saturated rings. The number of H-pyrrole nitrogens is 1. The first kappa shape index (κ1) is 19.4. The first-order valence-corrected chi connectivity index (χ1v) is 8.35. The zero-order valence-electron chi connectivity index (χ0n) is 14.7. The van der Waals surface area contributed by atoms with E-state index in [1.165, 1.54) is 25.1 Å². The number of aromatic nitrogens is 2. The van der Waals surface area contributed by atoms with E-state index in [2.05, 4.69) is 10.3 Å². The van der Waals surface area contributed by atoms with Gasteiger partial charge in [-0.05, 0) is 36.8 Å². The highest BCUT2D eigenvalue weighted by Crippen LogP contribution is 2.30. The van der Waals surface area contributed by atoms with Gasteiger partial charge in [0.05, 0.1) is 22.5 Å². The highest BCUT2D eigenvalue weighted by atomic mass is 19.4. The number of para-hydroxylation sites is 1. The lowest BCUT2D eigenvalue weighted by Gasteiger charge is -2.16. The minimum Gasteiger partial charge on any atom is -0.348 e. The molecule has 2 N–H and O–H groups in total. The number of alkyl halides is 3. The minimum absolute atomic E-state index is 0.251. The van der Waals surface area contributed by atoms with Crippen LogP contribution < -0.4 is 16.6 Å². The Labute approximate surface area is 156 Å². The SMILES string of the molecule is C[C@@H](NC(=O)Cn1c(=O)[nH]c2ccccc2c1=O)c1cccc(C(F)(F)F)c1. The van der Waals surface area contributed by atoms with Crippen molar-refractivity contribution in [1.29, 1.82) is 0 Å². The maximum atomic E-state index is 12.8. The summed E-state index contributed by atoms with van der Waals surface area (Å²) in [5.41, 5.74) is -1.59. The Bertz CT molecular complexity index is 1150. The average molecular weight is 391 g/mol. The molecule has 9 heteroatoms. The number of carbonyl (C=O) groups excluding carboxylic acids is 1. The van der Waals surface area contributed by atoms with Crippen molar-refractivity contribution in [3.05, 3.63) is 80.5 Å². The van der Waals surface area contributed by atoms with Crippen LogP contribution >= 0.6 is 0 Å². The van der Waals surface area contributed by atoms with Crippen molar-refractivity contribution in [2.75, 3.05) is 0 Å². The van der Waals surface area contributed by atoms with Crippen LogP contribution in [-0.4, -0.2) is 15.5 Å². The van der Waals surface area contributed by atoms with Gasteiger partial charge < -0.3 is 10.3 Å². The molecule has 3 aromatic rings. The summed E-state index contributed by atoms with van der Waals surface area (Å²) in [5, 5.41) is 2.76. The van der Waals surface area contributed by atoms with E-state index >= 15 is 0 Å². The molecule has 1 atom stereocenters. The normalized spacial score (nSPS) is 12.7. The topological polar surface area (TPSA) is 84.0 Å². The van der Waals surface area contributed by atoms with Gasteiger partial charge in [0.25, 0.3) is 5.56 Å². The number of amides is 1.